The lowest BCUT2D eigenvalue weighted by atomic mass is 9.78. The molecule has 53 heavy (non-hydrogen) atoms. The zero-order valence-corrected chi connectivity index (χ0v) is 29.4. The molecule has 3 aliphatic rings. The van der Waals surface area contributed by atoms with Crippen molar-refractivity contribution in [3.05, 3.63) is 119 Å². The van der Waals surface area contributed by atoms with E-state index in [1.54, 1.807) is 25.1 Å². The molecule has 4 aromatic carbocycles. The number of carbonyl (C=O) groups is 4. The van der Waals surface area contributed by atoms with E-state index in [1.165, 1.54) is 0 Å². The highest BCUT2D eigenvalue weighted by Gasteiger charge is 2.45. The topological polar surface area (TPSA) is 153 Å². The van der Waals surface area contributed by atoms with Crippen LogP contribution < -0.4 is 20.1 Å². The van der Waals surface area contributed by atoms with Crippen molar-refractivity contribution in [2.24, 2.45) is 0 Å². The number of fused-ring (bicyclic) bond motifs is 1. The van der Waals surface area contributed by atoms with Crippen LogP contribution in [0.15, 0.2) is 95.5 Å². The predicted octanol–water partition coefficient (Wildman–Crippen LogP) is 6.59. The summed E-state index contributed by atoms with van der Waals surface area (Å²) in [6.45, 7) is 6.14. The van der Waals surface area contributed by atoms with E-state index >= 15 is 0 Å². The molecule has 12 nitrogen and oxygen atoms in total. The number of piperidine rings is 1. The molecule has 12 heteroatoms. The lowest BCUT2D eigenvalue weighted by molar-refractivity contribution is -0.136. The number of nitrogens with one attached hydrogen (secondary N) is 2. The second-order valence-electron chi connectivity index (χ2n) is 14.2. The van der Waals surface area contributed by atoms with Crippen LogP contribution >= 0.6 is 0 Å². The Kier molecular flexibility index (Phi) is 8.52. The van der Waals surface area contributed by atoms with Crippen molar-refractivity contribution in [3.63, 3.8) is 0 Å². The normalized spacial score (nSPS) is 19.8. The molecule has 1 aliphatic carbocycles. The maximum Gasteiger partial charge on any atom is 0.262 e. The monoisotopic (exact) mass is 711 g/mol. The number of nitrogens with zero attached hydrogens (tertiary/aromatic N) is 3. The molecule has 2 N–H and O–H groups in total. The maximum absolute atomic E-state index is 13.2. The molecule has 2 aliphatic heterocycles. The fourth-order valence-corrected chi connectivity index (χ4v) is 7.05. The fraction of sp³-hybridized carbons (Fsp3) is 0.268. The quantitative estimate of drug-likeness (QED) is 0.152. The van der Waals surface area contributed by atoms with Crippen LogP contribution in [0.5, 0.6) is 17.2 Å². The highest BCUT2D eigenvalue weighted by atomic mass is 16.5. The summed E-state index contributed by atoms with van der Waals surface area (Å²) in [4.78, 5) is 55.3. The molecule has 1 saturated carbocycles. The number of hydrogen-bond donors (Lipinski definition) is 2. The van der Waals surface area contributed by atoms with E-state index in [2.05, 4.69) is 58.9 Å². The van der Waals surface area contributed by atoms with E-state index in [0.717, 1.165) is 51.6 Å². The van der Waals surface area contributed by atoms with E-state index < -0.39 is 29.7 Å². The van der Waals surface area contributed by atoms with E-state index in [0.29, 0.717) is 17.5 Å². The number of amides is 4. The van der Waals surface area contributed by atoms with Crippen LogP contribution in [0.3, 0.4) is 0 Å². The minimum Gasteiger partial charge on any atom is -0.490 e. The Labute approximate surface area is 305 Å². The zero-order chi connectivity index (χ0) is 36.9. The molecule has 0 spiro atoms. The van der Waals surface area contributed by atoms with Gasteiger partial charge < -0.3 is 19.3 Å². The van der Waals surface area contributed by atoms with Gasteiger partial charge >= 0.3 is 0 Å². The average molecular weight is 712 g/mol. The summed E-state index contributed by atoms with van der Waals surface area (Å²) in [7, 11) is 0. The van der Waals surface area contributed by atoms with Crippen molar-refractivity contribution in [2.75, 3.05) is 5.32 Å². The molecule has 268 valence electrons. The van der Waals surface area contributed by atoms with E-state index in [4.69, 9.17) is 14.0 Å². The van der Waals surface area contributed by atoms with Gasteiger partial charge in [-0.1, -0.05) is 43.3 Å². The van der Waals surface area contributed by atoms with Crippen molar-refractivity contribution in [1.82, 2.24) is 20.4 Å². The number of imide groups is 2. The van der Waals surface area contributed by atoms with Crippen LogP contribution in [0, 0.1) is 6.92 Å². The van der Waals surface area contributed by atoms with Gasteiger partial charge in [-0.2, -0.15) is 4.98 Å². The molecular formula is C41H37N5O7. The number of rotatable bonds is 10. The minimum atomic E-state index is -0.987. The number of aryl methyl sites for hydroxylation is 1. The SMILES string of the molecule is Cc1nc(-c2ccc(Oc3ccc(C(C)(C)c4ccc(OC5CC(Nc6ccc7c(c6)C(=O)N(C6CCC(=O)NC6=O)C7=O)C5)cc4)cc3)cc2)no1. The highest BCUT2D eigenvalue weighted by Crippen LogP contribution is 2.36. The summed E-state index contributed by atoms with van der Waals surface area (Å²) in [6.07, 6.45) is 1.79. The minimum absolute atomic E-state index is 0.0407. The maximum atomic E-state index is 13.2. The van der Waals surface area contributed by atoms with Crippen LogP contribution in [0.25, 0.3) is 11.4 Å². The zero-order valence-electron chi connectivity index (χ0n) is 29.4. The third kappa shape index (κ3) is 6.63. The number of ether oxygens (including phenoxy) is 2. The molecule has 8 rings (SSSR count). The average Bonchev–Trinajstić information content (AvgIpc) is 3.68. The van der Waals surface area contributed by atoms with Gasteiger partial charge in [-0.05, 0) is 84.3 Å². The summed E-state index contributed by atoms with van der Waals surface area (Å²) in [5, 5.41) is 9.62. The summed E-state index contributed by atoms with van der Waals surface area (Å²) in [5.74, 6) is 1.24. The first-order chi connectivity index (χ1) is 25.5. The van der Waals surface area contributed by atoms with Gasteiger partial charge in [-0.3, -0.25) is 29.4 Å². The number of carbonyl (C=O) groups excluding carboxylic acids is 4. The molecule has 3 heterocycles. The van der Waals surface area contributed by atoms with Gasteiger partial charge in [0.2, 0.25) is 23.5 Å². The Morgan fingerprint density at radius 3 is 2.06 bits per heavy atom. The molecule has 0 radical (unpaired) electrons. The second-order valence-corrected chi connectivity index (χ2v) is 14.2. The summed E-state index contributed by atoms with van der Waals surface area (Å²) in [6, 6.07) is 28.1. The molecule has 1 unspecified atom stereocenters. The van der Waals surface area contributed by atoms with Crippen LogP contribution in [-0.2, 0) is 15.0 Å². The molecule has 1 saturated heterocycles. The van der Waals surface area contributed by atoms with Crippen molar-refractivity contribution in [3.8, 4) is 28.6 Å². The summed E-state index contributed by atoms with van der Waals surface area (Å²) in [5.41, 5.74) is 4.13. The first kappa shape index (κ1) is 33.8. The standard InChI is InChI=1S/C41H37N5O7/c1-23-42-37(45-53-23)24-4-11-29(12-5-24)51-30-13-6-25(7-14-30)41(2,3)26-8-15-31(16-9-26)52-32-20-28(21-32)43-27-10-17-33-34(22-27)40(50)46(39(33)49)35-18-19-36(47)44-38(35)48/h4-17,22,28,32,35,43H,18-21H2,1-3H3,(H,44,47,48). The van der Waals surface area contributed by atoms with Gasteiger partial charge in [0.25, 0.3) is 11.8 Å². The first-order valence-electron chi connectivity index (χ1n) is 17.6. The Balaban J connectivity index is 0.829. The van der Waals surface area contributed by atoms with Gasteiger partial charge in [-0.25, -0.2) is 0 Å². The number of benzene rings is 4. The highest BCUT2D eigenvalue weighted by molar-refractivity contribution is 6.23. The summed E-state index contributed by atoms with van der Waals surface area (Å²) >= 11 is 0. The van der Waals surface area contributed by atoms with Gasteiger partial charge in [0.05, 0.1) is 11.1 Å². The Morgan fingerprint density at radius 2 is 1.43 bits per heavy atom. The summed E-state index contributed by atoms with van der Waals surface area (Å²) < 4.78 is 17.4. The van der Waals surface area contributed by atoms with Gasteiger partial charge in [-0.15, -0.1) is 0 Å². The Morgan fingerprint density at radius 1 is 0.811 bits per heavy atom. The molecule has 1 atom stereocenters. The third-order valence-corrected chi connectivity index (χ3v) is 10.2. The number of hydrogen-bond acceptors (Lipinski definition) is 10. The largest absolute Gasteiger partial charge is 0.490 e. The lowest BCUT2D eigenvalue weighted by Gasteiger charge is -2.36. The van der Waals surface area contributed by atoms with Crippen molar-refractivity contribution in [1.29, 1.82) is 0 Å². The van der Waals surface area contributed by atoms with E-state index in [9.17, 15) is 19.2 Å². The molecule has 0 bridgehead atoms. The second kappa shape index (κ2) is 13.4. The van der Waals surface area contributed by atoms with Crippen molar-refractivity contribution < 1.29 is 33.2 Å². The molecular weight excluding hydrogens is 674 g/mol. The predicted molar refractivity (Wildman–Crippen MR) is 194 cm³/mol. The van der Waals surface area contributed by atoms with Gasteiger partial charge in [0, 0.05) is 48.9 Å². The lowest BCUT2D eigenvalue weighted by Crippen LogP contribution is -2.54. The third-order valence-electron chi connectivity index (χ3n) is 10.2. The number of anilines is 1. The van der Waals surface area contributed by atoms with Crippen LogP contribution in [0.1, 0.15) is 77.3 Å². The number of aromatic nitrogens is 2. The molecule has 1 aromatic heterocycles. The van der Waals surface area contributed by atoms with Crippen LogP contribution in [-0.4, -0.2) is 56.9 Å². The van der Waals surface area contributed by atoms with Gasteiger partial charge in [0.1, 0.15) is 29.4 Å². The molecule has 4 amide bonds. The van der Waals surface area contributed by atoms with Gasteiger partial charge in [0.15, 0.2) is 0 Å². The van der Waals surface area contributed by atoms with Crippen molar-refractivity contribution >= 4 is 29.3 Å². The van der Waals surface area contributed by atoms with E-state index in [-0.39, 0.29) is 41.5 Å². The first-order valence-corrected chi connectivity index (χ1v) is 17.6. The Hall–Kier alpha value is -6.30. The fourth-order valence-electron chi connectivity index (χ4n) is 7.05. The smallest absolute Gasteiger partial charge is 0.262 e. The molecule has 5 aromatic rings. The van der Waals surface area contributed by atoms with E-state index in [1.807, 2.05) is 48.5 Å². The van der Waals surface area contributed by atoms with Crippen LogP contribution in [0.4, 0.5) is 5.69 Å². The van der Waals surface area contributed by atoms with Crippen LogP contribution in [0.2, 0.25) is 0 Å². The Bertz CT molecular complexity index is 2220. The van der Waals surface area contributed by atoms with Crippen molar-refractivity contribution in [2.45, 2.75) is 70.1 Å². The molecule has 2 fully saturated rings.